The van der Waals surface area contributed by atoms with Crippen molar-refractivity contribution in [2.24, 2.45) is 0 Å². The highest BCUT2D eigenvalue weighted by atomic mass is 35.5. The first-order valence-electron chi connectivity index (χ1n) is 7.38. The van der Waals surface area contributed by atoms with Crippen LogP contribution in [0.2, 0.25) is 5.02 Å². The van der Waals surface area contributed by atoms with Crippen LogP contribution >= 0.6 is 47.2 Å². The first kappa shape index (κ1) is 18.4. The summed E-state index contributed by atoms with van der Waals surface area (Å²) in [6, 6.07) is 13.6. The Morgan fingerprint density at radius 1 is 1.12 bits per heavy atom. The van der Waals surface area contributed by atoms with Crippen molar-refractivity contribution in [3.8, 4) is 0 Å². The van der Waals surface area contributed by atoms with E-state index >= 15 is 0 Å². The van der Waals surface area contributed by atoms with Crippen LogP contribution in [0.25, 0.3) is 0 Å². The van der Waals surface area contributed by atoms with Gasteiger partial charge in [0.05, 0.1) is 15.8 Å². The van der Waals surface area contributed by atoms with Gasteiger partial charge in [0.25, 0.3) is 0 Å². The van der Waals surface area contributed by atoms with Gasteiger partial charge in [-0.05, 0) is 35.4 Å². The fourth-order valence-electron chi connectivity index (χ4n) is 2.28. The number of halogens is 3. The number of hydrogen-bond donors (Lipinski definition) is 0. The summed E-state index contributed by atoms with van der Waals surface area (Å²) in [7, 11) is 0. The second-order valence-electron chi connectivity index (χ2n) is 5.27. The second kappa shape index (κ2) is 8.32. The van der Waals surface area contributed by atoms with Gasteiger partial charge < -0.3 is 4.57 Å². The molecule has 3 rings (SSSR count). The van der Waals surface area contributed by atoms with E-state index in [2.05, 4.69) is 4.98 Å². The highest BCUT2D eigenvalue weighted by Crippen LogP contribution is 2.43. The van der Waals surface area contributed by atoms with Crippen molar-refractivity contribution >= 4 is 51.4 Å². The van der Waals surface area contributed by atoms with Crippen LogP contribution in [-0.2, 0) is 0 Å². The van der Waals surface area contributed by atoms with E-state index in [-0.39, 0.29) is 11.1 Å². The van der Waals surface area contributed by atoms with Crippen LogP contribution < -0.4 is 0 Å². The number of benzene rings is 2. The van der Waals surface area contributed by atoms with Gasteiger partial charge in [0.1, 0.15) is 11.3 Å². The molecule has 0 spiro atoms. The van der Waals surface area contributed by atoms with Crippen molar-refractivity contribution < 1.29 is 4.39 Å². The van der Waals surface area contributed by atoms with Gasteiger partial charge >= 0.3 is 0 Å². The third kappa shape index (κ3) is 4.61. The van der Waals surface area contributed by atoms with Crippen molar-refractivity contribution in [1.82, 2.24) is 9.55 Å². The van der Waals surface area contributed by atoms with Crippen LogP contribution in [0.3, 0.4) is 0 Å². The molecule has 0 saturated carbocycles. The molecule has 0 aliphatic heterocycles. The van der Waals surface area contributed by atoms with Gasteiger partial charge in [0, 0.05) is 17.4 Å². The fraction of sp³-hybridized carbons (Fsp3) is 0.111. The van der Waals surface area contributed by atoms with Crippen molar-refractivity contribution in [2.45, 2.75) is 10.8 Å². The Hall–Kier alpha value is -1.40. The second-order valence-corrected chi connectivity index (χ2v) is 7.97. The average molecular weight is 411 g/mol. The third-order valence-electron chi connectivity index (χ3n) is 3.57. The Morgan fingerprint density at radius 3 is 2.40 bits per heavy atom. The highest BCUT2D eigenvalue weighted by molar-refractivity contribution is 8.23. The lowest BCUT2D eigenvalue weighted by molar-refractivity contribution is 0.628. The lowest BCUT2D eigenvalue weighted by Crippen LogP contribution is -2.11. The van der Waals surface area contributed by atoms with E-state index in [1.807, 2.05) is 35.0 Å². The summed E-state index contributed by atoms with van der Waals surface area (Å²) in [6.07, 6.45) is 5.15. The smallest absolute Gasteiger partial charge is 0.125 e. The molecular weight excluding hydrogens is 398 g/mol. The molecule has 0 fully saturated rings. The molecule has 2 nitrogen and oxygen atoms in total. The van der Waals surface area contributed by atoms with Crippen LogP contribution in [0.1, 0.15) is 21.9 Å². The molecule has 0 radical (unpaired) electrons. The molecule has 0 aliphatic rings. The van der Waals surface area contributed by atoms with Crippen LogP contribution in [0, 0.1) is 5.82 Å². The Morgan fingerprint density at radius 2 is 1.80 bits per heavy atom. The number of alkyl halides is 1. The number of thiocarbonyl (C=S) groups is 1. The van der Waals surface area contributed by atoms with Gasteiger partial charge in [-0.15, -0.1) is 11.8 Å². The van der Waals surface area contributed by atoms with Crippen molar-refractivity contribution in [2.75, 3.05) is 0 Å². The molecule has 0 N–H and O–H groups in total. The number of aromatic nitrogens is 2. The van der Waals surface area contributed by atoms with Gasteiger partial charge in [0.2, 0.25) is 0 Å². The third-order valence-corrected chi connectivity index (χ3v) is 6.21. The summed E-state index contributed by atoms with van der Waals surface area (Å²) in [5.41, 5.74) is 1.38. The Balaban J connectivity index is 1.89. The van der Waals surface area contributed by atoms with Gasteiger partial charge in [-0.1, -0.05) is 59.7 Å². The monoisotopic (exact) mass is 410 g/mol. The molecule has 2 unspecified atom stereocenters. The molecule has 0 bridgehead atoms. The van der Waals surface area contributed by atoms with Crippen LogP contribution in [0.5, 0.6) is 0 Å². The molecule has 0 amide bonds. The predicted octanol–water partition coefficient (Wildman–Crippen LogP) is 6.26. The van der Waals surface area contributed by atoms with Crippen molar-refractivity contribution in [1.29, 1.82) is 0 Å². The van der Waals surface area contributed by atoms with Crippen molar-refractivity contribution in [3.05, 3.63) is 89.2 Å². The van der Waals surface area contributed by atoms with Gasteiger partial charge in [0.15, 0.2) is 0 Å². The lowest BCUT2D eigenvalue weighted by atomic mass is 10.1. The Labute approximate surface area is 165 Å². The minimum Gasteiger partial charge on any atom is -0.319 e. The number of thioether (sulfide) groups is 1. The molecule has 3 aromatic rings. The topological polar surface area (TPSA) is 17.8 Å². The molecule has 2 aromatic carbocycles. The molecule has 128 valence electrons. The fourth-order valence-corrected chi connectivity index (χ4v) is 4.31. The van der Waals surface area contributed by atoms with Crippen molar-refractivity contribution in [3.63, 3.8) is 0 Å². The van der Waals surface area contributed by atoms with Gasteiger partial charge in [-0.25, -0.2) is 9.37 Å². The summed E-state index contributed by atoms with van der Waals surface area (Å²) in [4.78, 5) is 4.05. The maximum atomic E-state index is 13.1. The Bertz CT molecular complexity index is 837. The standard InChI is InChI=1S/C18H13Cl2FN2S2/c19-14-5-1-12(2-6-14)16(17(20)23-10-9-22-11-23)25-18(24)13-3-7-15(21)8-4-13/h1-11,16-17H. The molecule has 1 aromatic heterocycles. The van der Waals surface area contributed by atoms with Crippen LogP contribution in [0.4, 0.5) is 4.39 Å². The molecule has 0 aliphatic carbocycles. The molecular formula is C18H13Cl2FN2S2. The summed E-state index contributed by atoms with van der Waals surface area (Å²) >= 11 is 19.7. The lowest BCUT2D eigenvalue weighted by Gasteiger charge is -2.23. The van der Waals surface area contributed by atoms with Crippen LogP contribution in [-0.4, -0.2) is 13.7 Å². The zero-order chi connectivity index (χ0) is 17.8. The highest BCUT2D eigenvalue weighted by Gasteiger charge is 2.25. The number of imidazole rings is 1. The molecule has 2 atom stereocenters. The molecule has 1 heterocycles. The normalized spacial score (nSPS) is 13.4. The number of nitrogens with zero attached hydrogens (tertiary/aromatic N) is 2. The van der Waals surface area contributed by atoms with E-state index in [1.165, 1.54) is 23.9 Å². The molecule has 25 heavy (non-hydrogen) atoms. The summed E-state index contributed by atoms with van der Waals surface area (Å²) < 4.78 is 15.6. The number of hydrogen-bond acceptors (Lipinski definition) is 3. The predicted molar refractivity (Wildman–Crippen MR) is 107 cm³/mol. The maximum absolute atomic E-state index is 13.1. The van der Waals surface area contributed by atoms with Gasteiger partial charge in [-0.2, -0.15) is 0 Å². The molecule has 7 heteroatoms. The average Bonchev–Trinajstić information content (AvgIpc) is 3.15. The zero-order valence-corrected chi connectivity index (χ0v) is 16.0. The minimum atomic E-state index is -0.396. The van der Waals surface area contributed by atoms with E-state index < -0.39 is 5.50 Å². The summed E-state index contributed by atoms with van der Waals surface area (Å²) in [5, 5.41) is 0.494. The van der Waals surface area contributed by atoms with E-state index in [9.17, 15) is 4.39 Å². The summed E-state index contributed by atoms with van der Waals surface area (Å²) in [5.74, 6) is -0.292. The quantitative estimate of drug-likeness (QED) is 0.364. The summed E-state index contributed by atoms with van der Waals surface area (Å²) in [6.45, 7) is 0. The first-order chi connectivity index (χ1) is 12.0. The van der Waals surface area contributed by atoms with E-state index in [4.69, 9.17) is 35.4 Å². The van der Waals surface area contributed by atoms with E-state index in [0.29, 0.717) is 9.22 Å². The van der Waals surface area contributed by atoms with E-state index in [0.717, 1.165) is 11.1 Å². The van der Waals surface area contributed by atoms with Crippen LogP contribution in [0.15, 0.2) is 67.3 Å². The maximum Gasteiger partial charge on any atom is 0.125 e. The molecule has 0 saturated heterocycles. The largest absolute Gasteiger partial charge is 0.319 e. The van der Waals surface area contributed by atoms with Gasteiger partial charge in [-0.3, -0.25) is 0 Å². The zero-order valence-electron chi connectivity index (χ0n) is 12.9. The SMILES string of the molecule is Fc1ccc(C(=S)SC(c2ccc(Cl)cc2)C(Cl)n2ccnc2)cc1. The van der Waals surface area contributed by atoms with E-state index in [1.54, 1.807) is 24.7 Å². The first-order valence-corrected chi connectivity index (χ1v) is 9.48. The minimum absolute atomic E-state index is 0.161. The number of rotatable bonds is 5. The Kier molecular flexibility index (Phi) is 6.12.